The molecule has 1 aromatic rings. The molecule has 1 aromatic carbocycles. The largest absolute Gasteiger partial charge is 0.392 e. The number of benzene rings is 1. The molecule has 3 nitrogen and oxygen atoms in total. The summed E-state index contributed by atoms with van der Waals surface area (Å²) in [5.74, 6) is 0.759. The van der Waals surface area contributed by atoms with Gasteiger partial charge in [0.25, 0.3) is 0 Å². The first-order valence-corrected chi connectivity index (χ1v) is 8.12. The summed E-state index contributed by atoms with van der Waals surface area (Å²) in [6.45, 7) is 11.4. The zero-order valence-electron chi connectivity index (χ0n) is 13.7. The molecule has 1 heterocycles. The smallest absolute Gasteiger partial charge is 0.0681 e. The summed E-state index contributed by atoms with van der Waals surface area (Å²) < 4.78 is 0. The molecule has 1 aliphatic rings. The van der Waals surface area contributed by atoms with Gasteiger partial charge in [-0.05, 0) is 63.7 Å². The minimum Gasteiger partial charge on any atom is -0.392 e. The van der Waals surface area contributed by atoms with Crippen LogP contribution in [0.25, 0.3) is 0 Å². The zero-order valence-corrected chi connectivity index (χ0v) is 13.7. The van der Waals surface area contributed by atoms with E-state index in [4.69, 9.17) is 5.11 Å². The van der Waals surface area contributed by atoms with Crippen LogP contribution in [0.15, 0.2) is 24.3 Å². The first kappa shape index (κ1) is 16.5. The van der Waals surface area contributed by atoms with Gasteiger partial charge in [-0.2, -0.15) is 0 Å². The second-order valence-corrected chi connectivity index (χ2v) is 7.35. The number of likely N-dealkylation sites (tertiary alicyclic amines) is 1. The molecule has 1 aliphatic heterocycles. The van der Waals surface area contributed by atoms with E-state index < -0.39 is 0 Å². The van der Waals surface area contributed by atoms with E-state index in [0.29, 0.717) is 0 Å². The van der Waals surface area contributed by atoms with Crippen molar-refractivity contribution in [2.24, 2.45) is 5.92 Å². The van der Waals surface area contributed by atoms with Crippen LogP contribution in [-0.4, -0.2) is 35.2 Å². The van der Waals surface area contributed by atoms with Crippen molar-refractivity contribution in [3.8, 4) is 0 Å². The Morgan fingerprint density at radius 3 is 2.48 bits per heavy atom. The lowest BCUT2D eigenvalue weighted by Gasteiger charge is -2.34. The summed E-state index contributed by atoms with van der Waals surface area (Å²) in [5.41, 5.74) is 2.55. The molecule has 1 atom stereocenters. The van der Waals surface area contributed by atoms with Gasteiger partial charge < -0.3 is 10.4 Å². The number of hydrogen-bond acceptors (Lipinski definition) is 3. The molecule has 118 valence electrons. The first-order chi connectivity index (χ1) is 9.96. The predicted molar refractivity (Wildman–Crippen MR) is 88.1 cm³/mol. The van der Waals surface area contributed by atoms with Crippen LogP contribution >= 0.6 is 0 Å². The lowest BCUT2D eigenvalue weighted by molar-refractivity contribution is 0.159. The topological polar surface area (TPSA) is 35.5 Å². The fraction of sp³-hybridized carbons (Fsp3) is 0.667. The normalized spacial score (nSPS) is 20.7. The van der Waals surface area contributed by atoms with E-state index in [9.17, 15) is 0 Å². The Labute approximate surface area is 129 Å². The molecule has 0 radical (unpaired) electrons. The van der Waals surface area contributed by atoms with Crippen molar-refractivity contribution in [3.63, 3.8) is 0 Å². The molecule has 0 saturated carbocycles. The van der Waals surface area contributed by atoms with Crippen molar-refractivity contribution in [1.29, 1.82) is 0 Å². The summed E-state index contributed by atoms with van der Waals surface area (Å²) in [6, 6.07) is 8.33. The summed E-state index contributed by atoms with van der Waals surface area (Å²) in [7, 11) is 0. The Morgan fingerprint density at radius 2 is 1.86 bits per heavy atom. The molecule has 0 aromatic heterocycles. The molecule has 1 saturated heterocycles. The van der Waals surface area contributed by atoms with E-state index in [2.05, 4.69) is 43.1 Å². The van der Waals surface area contributed by atoms with Gasteiger partial charge >= 0.3 is 0 Å². The number of aliphatic hydroxyl groups excluding tert-OH is 1. The Kier molecular flexibility index (Phi) is 5.80. The molecule has 0 spiro atoms. The average molecular weight is 290 g/mol. The molecule has 0 amide bonds. The van der Waals surface area contributed by atoms with E-state index >= 15 is 0 Å². The van der Waals surface area contributed by atoms with E-state index in [1.807, 2.05) is 12.1 Å². The number of nitrogens with zero attached hydrogens (tertiary/aromatic N) is 1. The molecule has 3 heteroatoms. The van der Waals surface area contributed by atoms with Crippen molar-refractivity contribution in [3.05, 3.63) is 35.4 Å². The van der Waals surface area contributed by atoms with E-state index in [1.54, 1.807) is 0 Å². The van der Waals surface area contributed by atoms with Crippen molar-refractivity contribution in [2.45, 2.75) is 52.3 Å². The molecule has 0 bridgehead atoms. The maximum Gasteiger partial charge on any atom is 0.0681 e. The molecule has 1 unspecified atom stereocenters. The maximum atomic E-state index is 9.09. The van der Waals surface area contributed by atoms with Crippen LogP contribution in [0, 0.1) is 5.92 Å². The number of nitrogens with one attached hydrogen (secondary N) is 1. The summed E-state index contributed by atoms with van der Waals surface area (Å²) in [4.78, 5) is 2.56. The average Bonchev–Trinajstić information content (AvgIpc) is 2.46. The van der Waals surface area contributed by atoms with Crippen molar-refractivity contribution < 1.29 is 5.11 Å². The molecule has 2 rings (SSSR count). The van der Waals surface area contributed by atoms with Gasteiger partial charge in [0.2, 0.25) is 0 Å². The van der Waals surface area contributed by atoms with Crippen LogP contribution in [0.3, 0.4) is 0 Å². The number of aliphatic hydroxyl groups is 1. The standard InChI is InChI=1S/C18H30N2O/c1-18(2,3)19-11-17-5-4-10-20(13-17)12-15-6-8-16(14-21)9-7-15/h6-9,17,19,21H,4-5,10-14H2,1-3H3. The highest BCUT2D eigenvalue weighted by molar-refractivity contribution is 5.21. The minimum atomic E-state index is 0.130. The van der Waals surface area contributed by atoms with Crippen LogP contribution in [0.1, 0.15) is 44.7 Å². The highest BCUT2D eigenvalue weighted by atomic mass is 16.3. The van der Waals surface area contributed by atoms with Gasteiger partial charge in [-0.1, -0.05) is 24.3 Å². The van der Waals surface area contributed by atoms with Crippen LogP contribution in [0.2, 0.25) is 0 Å². The molecule has 21 heavy (non-hydrogen) atoms. The number of rotatable bonds is 5. The second-order valence-electron chi connectivity index (χ2n) is 7.35. The minimum absolute atomic E-state index is 0.130. The summed E-state index contributed by atoms with van der Waals surface area (Å²) in [5, 5.41) is 12.7. The zero-order chi connectivity index (χ0) is 15.3. The predicted octanol–water partition coefficient (Wildman–Crippen LogP) is 2.78. The third kappa shape index (κ3) is 5.77. The van der Waals surface area contributed by atoms with Gasteiger partial charge in [-0.3, -0.25) is 4.90 Å². The highest BCUT2D eigenvalue weighted by Gasteiger charge is 2.21. The van der Waals surface area contributed by atoms with Gasteiger partial charge in [0, 0.05) is 18.6 Å². The third-order valence-electron chi connectivity index (χ3n) is 4.14. The molecular weight excluding hydrogens is 260 g/mol. The Balaban J connectivity index is 1.83. The summed E-state index contributed by atoms with van der Waals surface area (Å²) in [6.07, 6.45) is 2.63. The molecule has 1 fully saturated rings. The van der Waals surface area contributed by atoms with Gasteiger partial charge in [0.15, 0.2) is 0 Å². The lowest BCUT2D eigenvalue weighted by Crippen LogP contribution is -2.44. The van der Waals surface area contributed by atoms with E-state index in [-0.39, 0.29) is 12.1 Å². The van der Waals surface area contributed by atoms with Crippen LogP contribution in [-0.2, 0) is 13.2 Å². The van der Waals surface area contributed by atoms with Crippen LogP contribution in [0.5, 0.6) is 0 Å². The SMILES string of the molecule is CC(C)(C)NCC1CCCN(Cc2ccc(CO)cc2)C1. The number of piperidine rings is 1. The fourth-order valence-electron chi connectivity index (χ4n) is 2.92. The molecular formula is C18H30N2O. The maximum absolute atomic E-state index is 9.09. The highest BCUT2D eigenvalue weighted by Crippen LogP contribution is 2.19. The van der Waals surface area contributed by atoms with E-state index in [0.717, 1.165) is 24.6 Å². The Hall–Kier alpha value is -0.900. The van der Waals surface area contributed by atoms with Crippen molar-refractivity contribution in [2.75, 3.05) is 19.6 Å². The van der Waals surface area contributed by atoms with Gasteiger partial charge in [-0.25, -0.2) is 0 Å². The molecule has 2 N–H and O–H groups in total. The van der Waals surface area contributed by atoms with Gasteiger partial charge in [0.05, 0.1) is 6.61 Å². The second kappa shape index (κ2) is 7.39. The van der Waals surface area contributed by atoms with Gasteiger partial charge in [-0.15, -0.1) is 0 Å². The monoisotopic (exact) mass is 290 g/mol. The Bertz CT molecular complexity index is 422. The summed E-state index contributed by atoms with van der Waals surface area (Å²) >= 11 is 0. The quantitative estimate of drug-likeness (QED) is 0.875. The lowest BCUT2D eigenvalue weighted by atomic mass is 9.96. The molecule has 0 aliphatic carbocycles. The van der Waals surface area contributed by atoms with Crippen LogP contribution in [0.4, 0.5) is 0 Å². The Morgan fingerprint density at radius 1 is 1.19 bits per heavy atom. The number of hydrogen-bond donors (Lipinski definition) is 2. The van der Waals surface area contributed by atoms with Crippen LogP contribution < -0.4 is 5.32 Å². The third-order valence-corrected chi connectivity index (χ3v) is 4.14. The first-order valence-electron chi connectivity index (χ1n) is 8.12. The van der Waals surface area contributed by atoms with Crippen molar-refractivity contribution >= 4 is 0 Å². The van der Waals surface area contributed by atoms with Crippen molar-refractivity contribution in [1.82, 2.24) is 10.2 Å². The van der Waals surface area contributed by atoms with E-state index in [1.165, 1.54) is 31.5 Å². The van der Waals surface area contributed by atoms with Gasteiger partial charge in [0.1, 0.15) is 0 Å². The fourth-order valence-corrected chi connectivity index (χ4v) is 2.92.